The Kier molecular flexibility index (Phi) is 4.08. The van der Waals surface area contributed by atoms with E-state index in [0.29, 0.717) is 12.8 Å². The number of aromatic nitrogens is 1. The second-order valence-electron chi connectivity index (χ2n) is 6.06. The van der Waals surface area contributed by atoms with Gasteiger partial charge in [0.2, 0.25) is 10.0 Å². The molecule has 1 aromatic heterocycles. The first-order valence-corrected chi connectivity index (χ1v) is 9.00. The number of hydrogen-bond acceptors (Lipinski definition) is 5. The van der Waals surface area contributed by atoms with Gasteiger partial charge in [0.05, 0.1) is 5.56 Å². The first-order valence-electron chi connectivity index (χ1n) is 7.56. The van der Waals surface area contributed by atoms with Crippen molar-refractivity contribution in [2.75, 3.05) is 0 Å². The molecule has 2 aliphatic rings. The van der Waals surface area contributed by atoms with Gasteiger partial charge in [-0.2, -0.15) is 9.57 Å². The normalized spacial score (nSPS) is 28.0. The number of rotatable bonds is 3. The second kappa shape index (κ2) is 5.91. The number of pyridine rings is 1. The third-order valence-electron chi connectivity index (χ3n) is 4.73. The lowest BCUT2D eigenvalue weighted by Gasteiger charge is -2.32. The summed E-state index contributed by atoms with van der Waals surface area (Å²) in [5, 5.41) is 18.4. The van der Waals surface area contributed by atoms with Crippen LogP contribution in [-0.4, -0.2) is 40.9 Å². The van der Waals surface area contributed by atoms with E-state index >= 15 is 0 Å². The molecule has 0 spiro atoms. The lowest BCUT2D eigenvalue weighted by Crippen LogP contribution is -2.46. The summed E-state index contributed by atoms with van der Waals surface area (Å²) in [5.74, 6) is -1.03. The summed E-state index contributed by atoms with van der Waals surface area (Å²) < 4.78 is 27.1. The lowest BCUT2D eigenvalue weighted by molar-refractivity contribution is -0.141. The van der Waals surface area contributed by atoms with Crippen molar-refractivity contribution in [3.05, 3.63) is 24.0 Å². The fourth-order valence-electron chi connectivity index (χ4n) is 3.72. The monoisotopic (exact) mass is 335 g/mol. The first kappa shape index (κ1) is 15.9. The van der Waals surface area contributed by atoms with E-state index in [-0.39, 0.29) is 22.4 Å². The summed E-state index contributed by atoms with van der Waals surface area (Å²) in [4.78, 5) is 15.3. The minimum Gasteiger partial charge on any atom is -0.480 e. The van der Waals surface area contributed by atoms with Gasteiger partial charge in [0.25, 0.3) is 0 Å². The molecule has 1 aliphatic carbocycles. The van der Waals surface area contributed by atoms with Crippen LogP contribution in [0.1, 0.15) is 37.7 Å². The van der Waals surface area contributed by atoms with Gasteiger partial charge < -0.3 is 5.11 Å². The van der Waals surface area contributed by atoms with E-state index in [2.05, 4.69) is 4.98 Å². The molecule has 2 fully saturated rings. The molecule has 0 radical (unpaired) electrons. The van der Waals surface area contributed by atoms with E-state index in [9.17, 15) is 18.3 Å². The highest BCUT2D eigenvalue weighted by atomic mass is 32.2. The largest absolute Gasteiger partial charge is 0.480 e. The molecule has 1 aliphatic heterocycles. The zero-order valence-corrected chi connectivity index (χ0v) is 13.2. The highest BCUT2D eigenvalue weighted by molar-refractivity contribution is 7.89. The summed E-state index contributed by atoms with van der Waals surface area (Å²) in [6.45, 7) is 0. The SMILES string of the molecule is N#Cc1cncc(S(=O)(=O)N2C(C(=O)O)CC3CCCCC32)c1. The van der Waals surface area contributed by atoms with E-state index in [0.717, 1.165) is 23.6 Å². The average Bonchev–Trinajstić information content (AvgIpc) is 2.95. The van der Waals surface area contributed by atoms with Gasteiger partial charge in [-0.3, -0.25) is 9.78 Å². The van der Waals surface area contributed by atoms with Crippen molar-refractivity contribution < 1.29 is 18.3 Å². The van der Waals surface area contributed by atoms with Crippen LogP contribution in [-0.2, 0) is 14.8 Å². The number of carbonyl (C=O) groups is 1. The van der Waals surface area contributed by atoms with E-state index in [1.807, 2.05) is 6.07 Å². The molecule has 0 bridgehead atoms. The zero-order valence-electron chi connectivity index (χ0n) is 12.4. The molecule has 3 atom stereocenters. The fourth-order valence-corrected chi connectivity index (χ4v) is 5.58. The van der Waals surface area contributed by atoms with Crippen LogP contribution in [0.4, 0.5) is 0 Å². The van der Waals surface area contributed by atoms with Crippen LogP contribution >= 0.6 is 0 Å². The third-order valence-corrected chi connectivity index (χ3v) is 6.63. The second-order valence-corrected chi connectivity index (χ2v) is 7.90. The molecule has 1 saturated heterocycles. The maximum atomic E-state index is 13.0. The van der Waals surface area contributed by atoms with Crippen LogP contribution in [0.3, 0.4) is 0 Å². The Hall–Kier alpha value is -1.98. The van der Waals surface area contributed by atoms with Crippen molar-refractivity contribution >= 4 is 16.0 Å². The minimum absolute atomic E-state index is 0.0896. The Morgan fingerprint density at radius 2 is 2.09 bits per heavy atom. The maximum absolute atomic E-state index is 13.0. The van der Waals surface area contributed by atoms with Crippen molar-refractivity contribution in [3.63, 3.8) is 0 Å². The Balaban J connectivity index is 2.05. The van der Waals surface area contributed by atoms with E-state index in [1.165, 1.54) is 18.5 Å². The number of aliphatic carboxylic acids is 1. The number of nitriles is 1. The van der Waals surface area contributed by atoms with Crippen molar-refractivity contribution in [1.82, 2.24) is 9.29 Å². The Bertz CT molecular complexity index is 771. The van der Waals surface area contributed by atoms with Crippen molar-refractivity contribution in [1.29, 1.82) is 5.26 Å². The zero-order chi connectivity index (χ0) is 16.6. The van der Waals surface area contributed by atoms with E-state index in [1.54, 1.807) is 0 Å². The highest BCUT2D eigenvalue weighted by Crippen LogP contribution is 2.42. The molecular weight excluding hydrogens is 318 g/mol. The standard InChI is InChI=1S/C15H17N3O4S/c16-7-10-5-12(9-17-8-10)23(21,22)18-13-4-2-1-3-11(13)6-14(18)15(19)20/h5,8-9,11,13-14H,1-4,6H2,(H,19,20). The molecule has 1 saturated carbocycles. The smallest absolute Gasteiger partial charge is 0.322 e. The number of carboxylic acid groups (broad SMARTS) is 1. The van der Waals surface area contributed by atoms with E-state index < -0.39 is 22.0 Å². The van der Waals surface area contributed by atoms with Gasteiger partial charge in [0.1, 0.15) is 17.0 Å². The van der Waals surface area contributed by atoms with Gasteiger partial charge in [-0.05, 0) is 31.2 Å². The molecule has 1 aromatic rings. The van der Waals surface area contributed by atoms with Crippen LogP contribution in [0.2, 0.25) is 0 Å². The number of fused-ring (bicyclic) bond motifs is 1. The molecule has 23 heavy (non-hydrogen) atoms. The molecule has 122 valence electrons. The average molecular weight is 335 g/mol. The van der Waals surface area contributed by atoms with Crippen LogP contribution in [0.5, 0.6) is 0 Å². The first-order chi connectivity index (χ1) is 10.9. The minimum atomic E-state index is -4.00. The number of sulfonamides is 1. The Labute approximate surface area is 134 Å². The topological polar surface area (TPSA) is 111 Å². The molecule has 7 nitrogen and oxygen atoms in total. The van der Waals surface area contributed by atoms with Gasteiger partial charge in [-0.25, -0.2) is 8.42 Å². The fraction of sp³-hybridized carbons (Fsp3) is 0.533. The molecule has 0 amide bonds. The van der Waals surface area contributed by atoms with Crippen LogP contribution < -0.4 is 0 Å². The number of carboxylic acids is 1. The molecular formula is C15H17N3O4S. The Morgan fingerprint density at radius 1 is 1.35 bits per heavy atom. The predicted octanol–water partition coefficient (Wildman–Crippen LogP) is 1.36. The number of nitrogens with zero attached hydrogens (tertiary/aromatic N) is 3. The summed E-state index contributed by atoms with van der Waals surface area (Å²) >= 11 is 0. The van der Waals surface area contributed by atoms with Gasteiger partial charge in [-0.15, -0.1) is 0 Å². The van der Waals surface area contributed by atoms with Crippen molar-refractivity contribution in [2.45, 2.75) is 49.1 Å². The van der Waals surface area contributed by atoms with Crippen LogP contribution in [0, 0.1) is 17.2 Å². The molecule has 3 unspecified atom stereocenters. The predicted molar refractivity (Wildman–Crippen MR) is 79.8 cm³/mol. The highest BCUT2D eigenvalue weighted by Gasteiger charge is 2.51. The van der Waals surface area contributed by atoms with Crippen molar-refractivity contribution in [2.24, 2.45) is 5.92 Å². The Morgan fingerprint density at radius 3 is 2.78 bits per heavy atom. The third kappa shape index (κ3) is 2.71. The van der Waals surface area contributed by atoms with Crippen molar-refractivity contribution in [3.8, 4) is 6.07 Å². The molecule has 0 aromatic carbocycles. The van der Waals surface area contributed by atoms with E-state index in [4.69, 9.17) is 5.26 Å². The molecule has 1 N–H and O–H groups in total. The van der Waals surface area contributed by atoms with Gasteiger partial charge >= 0.3 is 5.97 Å². The van der Waals surface area contributed by atoms with Gasteiger partial charge in [-0.1, -0.05) is 12.8 Å². The summed E-state index contributed by atoms with van der Waals surface area (Å²) in [6.07, 6.45) is 6.25. The molecule has 2 heterocycles. The van der Waals surface area contributed by atoms with Gasteiger partial charge in [0, 0.05) is 18.4 Å². The summed E-state index contributed by atoms with van der Waals surface area (Å²) in [6, 6.07) is 1.79. The van der Waals surface area contributed by atoms with Crippen LogP contribution in [0.25, 0.3) is 0 Å². The van der Waals surface area contributed by atoms with Crippen LogP contribution in [0.15, 0.2) is 23.4 Å². The summed E-state index contributed by atoms with van der Waals surface area (Å²) in [7, 11) is -4.00. The maximum Gasteiger partial charge on any atom is 0.322 e. The molecule has 8 heteroatoms. The quantitative estimate of drug-likeness (QED) is 0.892. The molecule has 3 rings (SSSR count). The lowest BCUT2D eigenvalue weighted by atomic mass is 9.85. The summed E-state index contributed by atoms with van der Waals surface area (Å²) in [5.41, 5.74) is 0.136. The van der Waals surface area contributed by atoms with Gasteiger partial charge in [0.15, 0.2) is 0 Å². The number of hydrogen-bond donors (Lipinski definition) is 1.